The molecule has 1 aliphatic carbocycles. The van der Waals surface area contributed by atoms with E-state index in [1.165, 1.54) is 5.56 Å². The second-order valence-electron chi connectivity index (χ2n) is 5.45. The summed E-state index contributed by atoms with van der Waals surface area (Å²) in [5, 5.41) is 0. The van der Waals surface area contributed by atoms with Gasteiger partial charge >= 0.3 is 0 Å². The quantitative estimate of drug-likeness (QED) is 0.839. The lowest BCUT2D eigenvalue weighted by molar-refractivity contribution is 0.640. The average molecular weight is 268 g/mol. The number of nitrogens with zero attached hydrogens (tertiary/aromatic N) is 2. The molecule has 1 aliphatic rings. The molecule has 0 amide bonds. The molecule has 1 aromatic heterocycles. The number of aryl methyl sites for hydroxylation is 3. The molecule has 0 aliphatic heterocycles. The fraction of sp³-hybridized carbons (Fsp3) is 0.412. The maximum Gasteiger partial charge on any atom is 0.261 e. The summed E-state index contributed by atoms with van der Waals surface area (Å²) in [6, 6.07) is 8.20. The van der Waals surface area contributed by atoms with Crippen molar-refractivity contribution >= 4 is 0 Å². The van der Waals surface area contributed by atoms with Gasteiger partial charge in [-0.25, -0.2) is 4.98 Å². The number of rotatable bonds is 2. The van der Waals surface area contributed by atoms with Crippen molar-refractivity contribution in [3.05, 3.63) is 57.3 Å². The van der Waals surface area contributed by atoms with Gasteiger partial charge in [0.15, 0.2) is 0 Å². The Labute approximate surface area is 119 Å². The molecule has 20 heavy (non-hydrogen) atoms. The molecule has 0 bridgehead atoms. The minimum absolute atomic E-state index is 0.122. The zero-order chi connectivity index (χ0) is 14.1. The Hall–Kier alpha value is -1.90. The number of fused-ring (bicyclic) bond motifs is 1. The first-order valence-electron chi connectivity index (χ1n) is 7.41. The van der Waals surface area contributed by atoms with Crippen LogP contribution in [-0.4, -0.2) is 9.55 Å². The smallest absolute Gasteiger partial charge is 0.261 e. The third kappa shape index (κ3) is 2.17. The predicted octanol–water partition coefficient (Wildman–Crippen LogP) is 2.98. The summed E-state index contributed by atoms with van der Waals surface area (Å²) in [7, 11) is 0. The van der Waals surface area contributed by atoms with Crippen LogP contribution in [0.2, 0.25) is 0 Å². The SMILES string of the molecule is CCc1ccc(-n2c(C)nc3c(c2=O)CCCC3)cc1. The number of benzene rings is 1. The summed E-state index contributed by atoms with van der Waals surface area (Å²) in [5.74, 6) is 0.792. The van der Waals surface area contributed by atoms with E-state index >= 15 is 0 Å². The van der Waals surface area contributed by atoms with E-state index in [4.69, 9.17) is 0 Å². The topological polar surface area (TPSA) is 34.9 Å². The number of hydrogen-bond acceptors (Lipinski definition) is 2. The van der Waals surface area contributed by atoms with Gasteiger partial charge in [-0.1, -0.05) is 19.1 Å². The van der Waals surface area contributed by atoms with Crippen LogP contribution in [0.1, 0.15) is 42.4 Å². The van der Waals surface area contributed by atoms with Crippen molar-refractivity contribution in [1.29, 1.82) is 0 Å². The van der Waals surface area contributed by atoms with Crippen LogP contribution in [0.5, 0.6) is 0 Å². The van der Waals surface area contributed by atoms with Crippen molar-refractivity contribution in [1.82, 2.24) is 9.55 Å². The highest BCUT2D eigenvalue weighted by molar-refractivity contribution is 5.37. The average Bonchev–Trinajstić information content (AvgIpc) is 2.48. The minimum atomic E-state index is 0.122. The molecule has 0 spiro atoms. The van der Waals surface area contributed by atoms with Gasteiger partial charge in [0, 0.05) is 5.56 Å². The lowest BCUT2D eigenvalue weighted by atomic mass is 9.97. The summed E-state index contributed by atoms with van der Waals surface area (Å²) in [5.41, 5.74) is 4.26. The lowest BCUT2D eigenvalue weighted by Crippen LogP contribution is -2.29. The van der Waals surface area contributed by atoms with Crippen LogP contribution in [0, 0.1) is 6.92 Å². The van der Waals surface area contributed by atoms with Crippen molar-refractivity contribution in [2.24, 2.45) is 0 Å². The van der Waals surface area contributed by atoms with E-state index in [9.17, 15) is 4.79 Å². The van der Waals surface area contributed by atoms with Crippen molar-refractivity contribution in [3.63, 3.8) is 0 Å². The highest BCUT2D eigenvalue weighted by Gasteiger charge is 2.18. The van der Waals surface area contributed by atoms with Crippen molar-refractivity contribution in [3.8, 4) is 5.69 Å². The van der Waals surface area contributed by atoms with Gasteiger partial charge in [-0.3, -0.25) is 9.36 Å². The Morgan fingerprint density at radius 2 is 1.85 bits per heavy atom. The first kappa shape index (κ1) is 13.1. The maximum absolute atomic E-state index is 12.7. The maximum atomic E-state index is 12.7. The molecule has 3 rings (SSSR count). The van der Waals surface area contributed by atoms with Crippen LogP contribution < -0.4 is 5.56 Å². The monoisotopic (exact) mass is 268 g/mol. The normalized spacial score (nSPS) is 14.1. The molecule has 0 N–H and O–H groups in total. The molecule has 3 heteroatoms. The molecular weight excluding hydrogens is 248 g/mol. The lowest BCUT2D eigenvalue weighted by Gasteiger charge is -2.18. The van der Waals surface area contributed by atoms with Gasteiger partial charge in [0.1, 0.15) is 5.82 Å². The summed E-state index contributed by atoms with van der Waals surface area (Å²) in [4.78, 5) is 17.4. The predicted molar refractivity (Wildman–Crippen MR) is 80.6 cm³/mol. The van der Waals surface area contributed by atoms with E-state index in [1.54, 1.807) is 4.57 Å². The van der Waals surface area contributed by atoms with E-state index in [2.05, 4.69) is 24.0 Å². The molecule has 0 saturated carbocycles. The molecule has 0 atom stereocenters. The first-order chi connectivity index (χ1) is 9.70. The Balaban J connectivity index is 2.15. The van der Waals surface area contributed by atoms with E-state index in [-0.39, 0.29) is 5.56 Å². The largest absolute Gasteiger partial charge is 0.269 e. The second kappa shape index (κ2) is 5.23. The molecule has 1 aromatic carbocycles. The van der Waals surface area contributed by atoms with Gasteiger partial charge < -0.3 is 0 Å². The molecule has 2 aromatic rings. The van der Waals surface area contributed by atoms with E-state index in [0.717, 1.165) is 54.9 Å². The van der Waals surface area contributed by atoms with Crippen molar-refractivity contribution < 1.29 is 0 Å². The second-order valence-corrected chi connectivity index (χ2v) is 5.45. The standard InChI is InChI=1S/C17H20N2O/c1-3-13-8-10-14(11-9-13)19-12(2)18-16-7-5-4-6-15(16)17(19)20/h8-11H,3-7H2,1-2H3. The van der Waals surface area contributed by atoms with Crippen LogP contribution >= 0.6 is 0 Å². The molecule has 1 heterocycles. The number of hydrogen-bond donors (Lipinski definition) is 0. The summed E-state index contributed by atoms with van der Waals surface area (Å²) in [6.07, 6.45) is 5.07. The van der Waals surface area contributed by atoms with Crippen LogP contribution in [0.25, 0.3) is 5.69 Å². The van der Waals surface area contributed by atoms with Gasteiger partial charge in [-0.2, -0.15) is 0 Å². The molecule has 0 radical (unpaired) electrons. The van der Waals surface area contributed by atoms with Crippen LogP contribution in [0.15, 0.2) is 29.1 Å². The summed E-state index contributed by atoms with van der Waals surface area (Å²) in [6.45, 7) is 4.05. The van der Waals surface area contributed by atoms with Crippen LogP contribution in [-0.2, 0) is 19.3 Å². The third-order valence-corrected chi connectivity index (χ3v) is 4.12. The van der Waals surface area contributed by atoms with Gasteiger partial charge in [0.2, 0.25) is 0 Å². The zero-order valence-corrected chi connectivity index (χ0v) is 12.1. The Morgan fingerprint density at radius 3 is 2.55 bits per heavy atom. The Kier molecular flexibility index (Phi) is 3.43. The van der Waals surface area contributed by atoms with Crippen LogP contribution in [0.4, 0.5) is 0 Å². The van der Waals surface area contributed by atoms with Crippen molar-refractivity contribution in [2.75, 3.05) is 0 Å². The highest BCUT2D eigenvalue weighted by atomic mass is 16.1. The first-order valence-corrected chi connectivity index (χ1v) is 7.41. The van der Waals surface area contributed by atoms with Gasteiger partial charge in [-0.05, 0) is 56.7 Å². The molecular formula is C17H20N2O. The molecule has 0 unspecified atom stereocenters. The van der Waals surface area contributed by atoms with E-state index in [1.807, 2.05) is 19.1 Å². The zero-order valence-electron chi connectivity index (χ0n) is 12.1. The van der Waals surface area contributed by atoms with Crippen molar-refractivity contribution in [2.45, 2.75) is 46.0 Å². The Morgan fingerprint density at radius 1 is 1.15 bits per heavy atom. The van der Waals surface area contributed by atoms with Gasteiger partial charge in [0.25, 0.3) is 5.56 Å². The third-order valence-electron chi connectivity index (χ3n) is 4.12. The van der Waals surface area contributed by atoms with Gasteiger partial charge in [-0.15, -0.1) is 0 Å². The van der Waals surface area contributed by atoms with E-state index in [0.29, 0.717) is 0 Å². The molecule has 0 fully saturated rings. The molecule has 3 nitrogen and oxygen atoms in total. The highest BCUT2D eigenvalue weighted by Crippen LogP contribution is 2.18. The summed E-state index contributed by atoms with van der Waals surface area (Å²) < 4.78 is 1.75. The fourth-order valence-electron chi connectivity index (χ4n) is 2.96. The summed E-state index contributed by atoms with van der Waals surface area (Å²) >= 11 is 0. The molecule has 0 saturated heterocycles. The fourth-order valence-corrected chi connectivity index (χ4v) is 2.96. The Bertz CT molecular complexity index is 683. The molecule has 104 valence electrons. The van der Waals surface area contributed by atoms with Crippen LogP contribution in [0.3, 0.4) is 0 Å². The number of aromatic nitrogens is 2. The van der Waals surface area contributed by atoms with E-state index < -0.39 is 0 Å². The van der Waals surface area contributed by atoms with Gasteiger partial charge in [0.05, 0.1) is 11.4 Å². The minimum Gasteiger partial charge on any atom is -0.269 e.